The van der Waals surface area contributed by atoms with Crippen LogP contribution in [0.4, 0.5) is 4.39 Å². The molecule has 1 unspecified atom stereocenters. The lowest BCUT2D eigenvalue weighted by Gasteiger charge is -2.19. The zero-order valence-electron chi connectivity index (χ0n) is 15.0. The minimum atomic E-state index is -0.192. The molecule has 0 spiro atoms. The molecule has 0 radical (unpaired) electrons. The van der Waals surface area contributed by atoms with Gasteiger partial charge in [0.1, 0.15) is 11.6 Å². The van der Waals surface area contributed by atoms with Crippen LogP contribution >= 0.6 is 24.0 Å². The molecule has 0 aliphatic heterocycles. The van der Waals surface area contributed by atoms with E-state index in [0.29, 0.717) is 18.1 Å². The van der Waals surface area contributed by atoms with Gasteiger partial charge in [-0.1, -0.05) is 24.3 Å². The van der Waals surface area contributed by atoms with Gasteiger partial charge < -0.3 is 15.4 Å². The van der Waals surface area contributed by atoms with E-state index in [-0.39, 0.29) is 35.8 Å². The second-order valence-electron chi connectivity index (χ2n) is 5.65. The Morgan fingerprint density at radius 2 is 1.88 bits per heavy atom. The first-order chi connectivity index (χ1) is 11.5. The zero-order chi connectivity index (χ0) is 17.5. The molecule has 1 atom stereocenters. The number of rotatable bonds is 5. The topological polar surface area (TPSA) is 45.7 Å². The summed E-state index contributed by atoms with van der Waals surface area (Å²) in [4.78, 5) is 4.22. The fraction of sp³-hybridized carbons (Fsp3) is 0.316. The maximum Gasteiger partial charge on any atom is 0.191 e. The van der Waals surface area contributed by atoms with E-state index < -0.39 is 0 Å². The number of hydrogen-bond acceptors (Lipinski definition) is 2. The van der Waals surface area contributed by atoms with Crippen molar-refractivity contribution in [2.45, 2.75) is 26.4 Å². The van der Waals surface area contributed by atoms with Crippen LogP contribution in [0.1, 0.15) is 29.7 Å². The molecule has 0 bridgehead atoms. The number of benzene rings is 2. The Morgan fingerprint density at radius 3 is 2.44 bits per heavy atom. The molecule has 0 fully saturated rings. The van der Waals surface area contributed by atoms with Gasteiger partial charge in [-0.2, -0.15) is 0 Å². The van der Waals surface area contributed by atoms with Crippen LogP contribution < -0.4 is 15.4 Å². The van der Waals surface area contributed by atoms with Gasteiger partial charge in [-0.05, 0) is 48.7 Å². The zero-order valence-corrected chi connectivity index (χ0v) is 17.3. The Balaban J connectivity index is 0.00000312. The number of ether oxygens (including phenoxy) is 1. The average molecular weight is 457 g/mol. The smallest absolute Gasteiger partial charge is 0.191 e. The second kappa shape index (κ2) is 10.2. The largest absolute Gasteiger partial charge is 0.497 e. The Kier molecular flexibility index (Phi) is 8.68. The Labute approximate surface area is 165 Å². The molecule has 0 saturated heterocycles. The summed E-state index contributed by atoms with van der Waals surface area (Å²) in [5.74, 6) is 1.30. The van der Waals surface area contributed by atoms with Gasteiger partial charge in [0, 0.05) is 13.6 Å². The van der Waals surface area contributed by atoms with Gasteiger partial charge >= 0.3 is 0 Å². The molecule has 0 amide bonds. The third kappa shape index (κ3) is 6.19. The number of halogens is 2. The number of aryl methyl sites for hydroxylation is 1. The van der Waals surface area contributed by atoms with Crippen LogP contribution in [-0.4, -0.2) is 20.1 Å². The normalized spacial score (nSPS) is 12.1. The van der Waals surface area contributed by atoms with Crippen LogP contribution in [-0.2, 0) is 6.54 Å². The Bertz CT molecular complexity index is 704. The van der Waals surface area contributed by atoms with Crippen molar-refractivity contribution in [3.05, 3.63) is 65.0 Å². The van der Waals surface area contributed by atoms with Gasteiger partial charge in [-0.15, -0.1) is 24.0 Å². The van der Waals surface area contributed by atoms with E-state index in [0.717, 1.165) is 16.9 Å². The highest BCUT2D eigenvalue weighted by Gasteiger charge is 2.09. The monoisotopic (exact) mass is 457 g/mol. The summed E-state index contributed by atoms with van der Waals surface area (Å²) in [5, 5.41) is 6.52. The van der Waals surface area contributed by atoms with Gasteiger partial charge in [0.25, 0.3) is 0 Å². The van der Waals surface area contributed by atoms with Crippen LogP contribution in [0.2, 0.25) is 0 Å². The van der Waals surface area contributed by atoms with Crippen LogP contribution in [0.15, 0.2) is 47.5 Å². The van der Waals surface area contributed by atoms with Gasteiger partial charge in [-0.3, -0.25) is 4.99 Å². The summed E-state index contributed by atoms with van der Waals surface area (Å²) in [6.45, 7) is 4.37. The molecule has 4 nitrogen and oxygen atoms in total. The van der Waals surface area contributed by atoms with E-state index in [1.165, 1.54) is 0 Å². The van der Waals surface area contributed by atoms with Gasteiger partial charge in [0.05, 0.1) is 13.2 Å². The molecule has 0 heterocycles. The second-order valence-corrected chi connectivity index (χ2v) is 5.65. The lowest BCUT2D eigenvalue weighted by molar-refractivity contribution is 0.414. The predicted molar refractivity (Wildman–Crippen MR) is 111 cm³/mol. The van der Waals surface area contributed by atoms with Crippen LogP contribution in [0.5, 0.6) is 5.75 Å². The lowest BCUT2D eigenvalue weighted by Crippen LogP contribution is -2.38. The molecule has 25 heavy (non-hydrogen) atoms. The minimum absolute atomic E-state index is 0. The number of nitrogens with one attached hydrogen (secondary N) is 2. The summed E-state index contributed by atoms with van der Waals surface area (Å²) in [7, 11) is 3.36. The van der Waals surface area contributed by atoms with Crippen molar-refractivity contribution in [2.24, 2.45) is 4.99 Å². The minimum Gasteiger partial charge on any atom is -0.497 e. The number of nitrogens with zero attached hydrogens (tertiary/aromatic N) is 1. The third-order valence-corrected chi connectivity index (χ3v) is 3.89. The quantitative estimate of drug-likeness (QED) is 0.402. The van der Waals surface area contributed by atoms with E-state index in [9.17, 15) is 4.39 Å². The molecular formula is C19H25FIN3O. The van der Waals surface area contributed by atoms with Gasteiger partial charge in [-0.25, -0.2) is 4.39 Å². The third-order valence-electron chi connectivity index (χ3n) is 3.89. The molecule has 0 aliphatic rings. The van der Waals surface area contributed by atoms with Crippen molar-refractivity contribution in [1.29, 1.82) is 0 Å². The number of methoxy groups -OCH3 is 1. The first kappa shape index (κ1) is 21.2. The summed E-state index contributed by atoms with van der Waals surface area (Å²) in [6.07, 6.45) is 0. The Hall–Kier alpha value is -1.83. The van der Waals surface area contributed by atoms with Crippen molar-refractivity contribution in [3.8, 4) is 5.75 Å². The molecule has 2 rings (SSSR count). The SMILES string of the molecule is CN=C(NCc1ccc(OC)cc1)NC(C)c1ccc(C)c(F)c1.I. The maximum atomic E-state index is 13.7. The van der Waals surface area contributed by atoms with E-state index in [1.807, 2.05) is 37.3 Å². The van der Waals surface area contributed by atoms with Crippen molar-refractivity contribution in [3.63, 3.8) is 0 Å². The van der Waals surface area contributed by atoms with Gasteiger partial charge in [0.15, 0.2) is 5.96 Å². The van der Waals surface area contributed by atoms with Crippen molar-refractivity contribution in [2.75, 3.05) is 14.2 Å². The first-order valence-electron chi connectivity index (χ1n) is 7.89. The summed E-state index contributed by atoms with van der Waals surface area (Å²) < 4.78 is 18.9. The maximum absolute atomic E-state index is 13.7. The molecule has 0 aliphatic carbocycles. The van der Waals surface area contributed by atoms with Crippen LogP contribution in [0.25, 0.3) is 0 Å². The number of aliphatic imine (C=N–C) groups is 1. The molecule has 2 aromatic rings. The number of guanidine groups is 1. The lowest BCUT2D eigenvalue weighted by atomic mass is 10.1. The number of hydrogen-bond donors (Lipinski definition) is 2. The fourth-order valence-electron chi connectivity index (χ4n) is 2.29. The van der Waals surface area contributed by atoms with Crippen LogP contribution in [0, 0.1) is 12.7 Å². The van der Waals surface area contributed by atoms with E-state index in [4.69, 9.17) is 4.74 Å². The summed E-state index contributed by atoms with van der Waals surface area (Å²) >= 11 is 0. The Morgan fingerprint density at radius 1 is 1.20 bits per heavy atom. The summed E-state index contributed by atoms with van der Waals surface area (Å²) in [6, 6.07) is 13.1. The fourth-order valence-corrected chi connectivity index (χ4v) is 2.29. The molecular weight excluding hydrogens is 432 g/mol. The first-order valence-corrected chi connectivity index (χ1v) is 7.89. The van der Waals surface area contributed by atoms with E-state index >= 15 is 0 Å². The highest BCUT2D eigenvalue weighted by molar-refractivity contribution is 14.0. The molecule has 0 saturated carbocycles. The summed E-state index contributed by atoms with van der Waals surface area (Å²) in [5.41, 5.74) is 2.64. The van der Waals surface area contributed by atoms with E-state index in [2.05, 4.69) is 15.6 Å². The highest BCUT2D eigenvalue weighted by atomic mass is 127. The molecule has 136 valence electrons. The van der Waals surface area contributed by atoms with Crippen LogP contribution in [0.3, 0.4) is 0 Å². The molecule has 2 aromatic carbocycles. The predicted octanol–water partition coefficient (Wildman–Crippen LogP) is 4.19. The standard InChI is InChI=1S/C19H24FN3O.HI/c1-13-5-8-16(11-18(13)20)14(2)23-19(21-3)22-12-15-6-9-17(24-4)10-7-15;/h5-11,14H,12H2,1-4H3,(H2,21,22,23);1H. The molecule has 2 N–H and O–H groups in total. The average Bonchev–Trinajstić information content (AvgIpc) is 2.61. The molecule has 0 aromatic heterocycles. The van der Waals surface area contributed by atoms with E-state index in [1.54, 1.807) is 33.2 Å². The van der Waals surface area contributed by atoms with Crippen molar-refractivity contribution in [1.82, 2.24) is 10.6 Å². The van der Waals surface area contributed by atoms with Crippen molar-refractivity contribution >= 4 is 29.9 Å². The highest BCUT2D eigenvalue weighted by Crippen LogP contribution is 2.16. The molecule has 6 heteroatoms. The van der Waals surface area contributed by atoms with Gasteiger partial charge in [0.2, 0.25) is 0 Å². The van der Waals surface area contributed by atoms with Crippen molar-refractivity contribution < 1.29 is 9.13 Å².